The van der Waals surface area contributed by atoms with Gasteiger partial charge in [-0.1, -0.05) is 30.4 Å². The Bertz CT molecular complexity index is 981. The van der Waals surface area contributed by atoms with Crippen molar-refractivity contribution in [3.8, 4) is 0 Å². The summed E-state index contributed by atoms with van der Waals surface area (Å²) >= 11 is 0. The molecule has 104 valence electrons. The molecular weight excluding hydrogens is 260 g/mol. The molecule has 0 spiro atoms. The van der Waals surface area contributed by atoms with Crippen molar-refractivity contribution in [1.29, 1.82) is 5.41 Å². The lowest BCUT2D eigenvalue weighted by molar-refractivity contribution is 0.651. The summed E-state index contributed by atoms with van der Waals surface area (Å²) in [6, 6.07) is 9.07. The topological polar surface area (TPSA) is 49.9 Å². The maximum Gasteiger partial charge on any atom is 0.227 e. The number of hydrogen-bond acceptors (Lipinski definition) is 3. The van der Waals surface area contributed by atoms with Gasteiger partial charge in [0.05, 0.1) is 0 Å². The Balaban J connectivity index is 2.21. The number of hydrogen-bond donors (Lipinski definition) is 1. The molecule has 0 saturated heterocycles. The van der Waals surface area contributed by atoms with Crippen LogP contribution in [0.4, 0.5) is 0 Å². The molecule has 3 nitrogen and oxygen atoms in total. The van der Waals surface area contributed by atoms with E-state index in [4.69, 9.17) is 13.9 Å². The number of pyridine rings is 1. The molecule has 3 rings (SSSR count). The maximum atomic E-state index is 7.48. The SMILES string of the molecule is [2H]C([2H])([2H])c1ccc2c(n1)oc1c(/C(C)=C/C=C\C=N)cccc12. The van der Waals surface area contributed by atoms with E-state index in [0.717, 1.165) is 21.9 Å². The molecule has 0 atom stereocenters. The minimum Gasteiger partial charge on any atom is -0.437 e. The van der Waals surface area contributed by atoms with Crippen molar-refractivity contribution in [2.75, 3.05) is 0 Å². The largest absolute Gasteiger partial charge is 0.437 e. The fraction of sp³-hybridized carbons (Fsp3) is 0.111. The third-order valence-electron chi connectivity index (χ3n) is 3.34. The number of fused-ring (bicyclic) bond motifs is 3. The molecule has 3 heteroatoms. The monoisotopic (exact) mass is 279 g/mol. The highest BCUT2D eigenvalue weighted by Gasteiger charge is 2.12. The van der Waals surface area contributed by atoms with Gasteiger partial charge in [-0.05, 0) is 37.6 Å². The highest BCUT2D eigenvalue weighted by atomic mass is 16.3. The van der Waals surface area contributed by atoms with Crippen molar-refractivity contribution in [3.05, 3.63) is 59.8 Å². The van der Waals surface area contributed by atoms with Crippen LogP contribution >= 0.6 is 0 Å². The lowest BCUT2D eigenvalue weighted by Gasteiger charge is -2.01. The zero-order valence-corrected chi connectivity index (χ0v) is 11.6. The van der Waals surface area contributed by atoms with E-state index in [0.29, 0.717) is 11.3 Å². The summed E-state index contributed by atoms with van der Waals surface area (Å²) in [4.78, 5) is 4.17. The van der Waals surface area contributed by atoms with Gasteiger partial charge in [0.25, 0.3) is 0 Å². The predicted octanol–water partition coefficient (Wildman–Crippen LogP) is 4.90. The highest BCUT2D eigenvalue weighted by Crippen LogP contribution is 2.32. The Morgan fingerprint density at radius 2 is 2.14 bits per heavy atom. The summed E-state index contributed by atoms with van der Waals surface area (Å²) in [6.45, 7) is -0.305. The molecule has 0 aliphatic carbocycles. The summed E-state index contributed by atoms with van der Waals surface area (Å²) in [5.74, 6) is 0. The van der Waals surface area contributed by atoms with Gasteiger partial charge >= 0.3 is 0 Å². The molecule has 0 unspecified atom stereocenters. The van der Waals surface area contributed by atoms with Gasteiger partial charge in [0, 0.05) is 32.4 Å². The average Bonchev–Trinajstić information content (AvgIpc) is 2.91. The van der Waals surface area contributed by atoms with E-state index in [9.17, 15) is 0 Å². The van der Waals surface area contributed by atoms with E-state index in [-0.39, 0.29) is 5.69 Å². The first-order valence-corrected chi connectivity index (χ1v) is 6.59. The molecule has 0 saturated carbocycles. The fourth-order valence-corrected chi connectivity index (χ4v) is 2.33. The second-order valence-electron chi connectivity index (χ2n) is 4.73. The van der Waals surface area contributed by atoms with Crippen LogP contribution in [-0.4, -0.2) is 11.2 Å². The zero-order valence-electron chi connectivity index (χ0n) is 14.6. The number of aryl methyl sites for hydroxylation is 1. The second-order valence-corrected chi connectivity index (χ2v) is 4.73. The Hall–Kier alpha value is -2.68. The smallest absolute Gasteiger partial charge is 0.227 e. The third kappa shape index (κ3) is 2.38. The van der Waals surface area contributed by atoms with Gasteiger partial charge in [0.1, 0.15) is 5.58 Å². The van der Waals surface area contributed by atoms with Crippen molar-refractivity contribution < 1.29 is 8.53 Å². The van der Waals surface area contributed by atoms with E-state index in [1.807, 2.05) is 31.2 Å². The van der Waals surface area contributed by atoms with Gasteiger partial charge in [-0.3, -0.25) is 0 Å². The zero-order chi connectivity index (χ0) is 17.3. The summed E-state index contributed by atoms with van der Waals surface area (Å²) in [5, 5.41) is 8.71. The normalized spacial score (nSPS) is 15.3. The maximum absolute atomic E-state index is 7.48. The first-order chi connectivity index (χ1) is 11.4. The van der Waals surface area contributed by atoms with E-state index in [1.54, 1.807) is 18.2 Å². The molecule has 2 heterocycles. The van der Waals surface area contributed by atoms with Crippen LogP contribution in [0.5, 0.6) is 0 Å². The summed E-state index contributed by atoms with van der Waals surface area (Å²) in [7, 11) is 0. The molecule has 2 aromatic heterocycles. The molecule has 0 aliphatic rings. The van der Waals surface area contributed by atoms with Crippen molar-refractivity contribution in [3.63, 3.8) is 0 Å². The number of nitrogens with zero attached hydrogens (tertiary/aromatic N) is 1. The fourth-order valence-electron chi connectivity index (χ4n) is 2.33. The van der Waals surface area contributed by atoms with Gasteiger partial charge in [0.15, 0.2) is 0 Å². The molecule has 1 N–H and O–H groups in total. The van der Waals surface area contributed by atoms with Crippen LogP contribution in [0.25, 0.3) is 27.6 Å². The van der Waals surface area contributed by atoms with Crippen LogP contribution in [-0.2, 0) is 0 Å². The Kier molecular flexibility index (Phi) is 2.58. The molecule has 0 radical (unpaired) electrons. The number of rotatable bonds is 3. The predicted molar refractivity (Wildman–Crippen MR) is 87.8 cm³/mol. The molecule has 3 aromatic rings. The first-order valence-electron chi connectivity index (χ1n) is 8.09. The number of para-hydroxylation sites is 1. The Morgan fingerprint density at radius 3 is 2.95 bits per heavy atom. The lowest BCUT2D eigenvalue weighted by Crippen LogP contribution is -1.80. The number of benzene rings is 1. The van der Waals surface area contributed by atoms with Crippen molar-refractivity contribution in [2.24, 2.45) is 0 Å². The van der Waals surface area contributed by atoms with E-state index >= 15 is 0 Å². The van der Waals surface area contributed by atoms with E-state index in [2.05, 4.69) is 4.98 Å². The number of aromatic nitrogens is 1. The van der Waals surface area contributed by atoms with Crippen LogP contribution in [0, 0.1) is 12.3 Å². The second kappa shape index (κ2) is 5.37. The lowest BCUT2D eigenvalue weighted by atomic mass is 10.0. The standard InChI is InChI=1S/C18H16N2O/c1-12(6-3-4-11-19)14-7-5-8-15-16-10-9-13(2)20-18(16)21-17(14)15/h3-11,19H,1-2H3/b4-3-,12-6+,19-11?/i2D3. The average molecular weight is 279 g/mol. The van der Waals surface area contributed by atoms with E-state index in [1.165, 1.54) is 12.3 Å². The van der Waals surface area contributed by atoms with Crippen LogP contribution in [0.2, 0.25) is 0 Å². The molecule has 0 amide bonds. The van der Waals surface area contributed by atoms with Crippen LogP contribution < -0.4 is 0 Å². The van der Waals surface area contributed by atoms with Gasteiger partial charge in [-0.15, -0.1) is 0 Å². The molecule has 0 aliphatic heterocycles. The summed E-state index contributed by atoms with van der Waals surface area (Å²) in [5.41, 5.74) is 2.93. The van der Waals surface area contributed by atoms with Gasteiger partial charge in [0.2, 0.25) is 5.71 Å². The summed E-state index contributed by atoms with van der Waals surface area (Å²) in [6.07, 6.45) is 6.53. The van der Waals surface area contributed by atoms with Crippen LogP contribution in [0.3, 0.4) is 0 Å². The van der Waals surface area contributed by atoms with E-state index < -0.39 is 6.85 Å². The molecule has 0 fully saturated rings. The Labute approximate surface area is 127 Å². The molecule has 1 aromatic carbocycles. The van der Waals surface area contributed by atoms with Gasteiger partial charge in [-0.25, -0.2) is 4.98 Å². The molecule has 0 bridgehead atoms. The van der Waals surface area contributed by atoms with Crippen LogP contribution in [0.1, 0.15) is 22.3 Å². The molecular formula is C18H16N2O. The van der Waals surface area contributed by atoms with Crippen LogP contribution in [0.15, 0.2) is 53.0 Å². The summed E-state index contributed by atoms with van der Waals surface area (Å²) < 4.78 is 28.3. The third-order valence-corrected chi connectivity index (χ3v) is 3.34. The number of allylic oxidation sites excluding steroid dienone is 4. The number of nitrogens with one attached hydrogen (secondary N) is 1. The quantitative estimate of drug-likeness (QED) is 0.547. The highest BCUT2D eigenvalue weighted by molar-refractivity contribution is 6.07. The van der Waals surface area contributed by atoms with Gasteiger partial charge < -0.3 is 9.83 Å². The van der Waals surface area contributed by atoms with Crippen molar-refractivity contribution in [1.82, 2.24) is 4.98 Å². The van der Waals surface area contributed by atoms with Crippen molar-refractivity contribution in [2.45, 2.75) is 13.8 Å². The minimum absolute atomic E-state index is 0.0248. The molecule has 21 heavy (non-hydrogen) atoms. The Morgan fingerprint density at radius 1 is 1.24 bits per heavy atom. The van der Waals surface area contributed by atoms with Crippen molar-refractivity contribution >= 4 is 33.9 Å². The number of furan rings is 1. The minimum atomic E-state index is -2.26. The first kappa shape index (κ1) is 10.1. The van der Waals surface area contributed by atoms with Gasteiger partial charge in [-0.2, -0.15) is 0 Å².